The van der Waals surface area contributed by atoms with Gasteiger partial charge in [-0.2, -0.15) is 10.2 Å². The van der Waals surface area contributed by atoms with Crippen LogP contribution in [0, 0.1) is 6.92 Å². The van der Waals surface area contributed by atoms with Gasteiger partial charge in [0.25, 0.3) is 0 Å². The Morgan fingerprint density at radius 3 is 2.79 bits per heavy atom. The van der Waals surface area contributed by atoms with Crippen LogP contribution in [-0.2, 0) is 21.7 Å². The van der Waals surface area contributed by atoms with Crippen LogP contribution in [0.4, 0.5) is 5.82 Å². The zero-order valence-electron chi connectivity index (χ0n) is 13.6. The van der Waals surface area contributed by atoms with E-state index in [1.807, 2.05) is 20.2 Å². The molecule has 1 fully saturated rings. The first-order chi connectivity index (χ1) is 11.3. The quantitative estimate of drug-likeness (QED) is 0.863. The van der Waals surface area contributed by atoms with Crippen molar-refractivity contribution in [1.82, 2.24) is 19.6 Å². The van der Waals surface area contributed by atoms with E-state index in [9.17, 15) is 13.2 Å². The van der Waals surface area contributed by atoms with Gasteiger partial charge >= 0.3 is 0 Å². The van der Waals surface area contributed by atoms with Crippen LogP contribution >= 0.6 is 0 Å². The van der Waals surface area contributed by atoms with Gasteiger partial charge in [-0.05, 0) is 18.9 Å². The van der Waals surface area contributed by atoms with Gasteiger partial charge in [0.2, 0.25) is 5.91 Å². The molecule has 1 amide bonds. The first kappa shape index (κ1) is 15.4. The number of carbonyl (C=O) groups excluding carboxylic acids is 1. The van der Waals surface area contributed by atoms with Crippen molar-refractivity contribution in [3.8, 4) is 0 Å². The molecule has 2 aliphatic heterocycles. The number of fused-ring (bicyclic) bond motifs is 1. The van der Waals surface area contributed by atoms with E-state index in [2.05, 4.69) is 15.5 Å². The molecule has 2 aliphatic rings. The summed E-state index contributed by atoms with van der Waals surface area (Å²) in [6.07, 6.45) is 4.55. The Hall–Kier alpha value is -2.16. The number of carbonyl (C=O) groups is 1. The molecule has 0 unspecified atom stereocenters. The molecule has 0 aliphatic carbocycles. The van der Waals surface area contributed by atoms with E-state index < -0.39 is 9.84 Å². The molecule has 4 rings (SSSR count). The summed E-state index contributed by atoms with van der Waals surface area (Å²) in [6, 6.07) is -0.217. The molecule has 24 heavy (non-hydrogen) atoms. The highest BCUT2D eigenvalue weighted by atomic mass is 32.2. The Labute approximate surface area is 139 Å². The molecular formula is C15H19N5O3S. The third-order valence-electron chi connectivity index (χ3n) is 4.81. The molecule has 128 valence electrons. The molecule has 4 heterocycles. The van der Waals surface area contributed by atoms with Crippen molar-refractivity contribution in [1.29, 1.82) is 0 Å². The SMILES string of the molecule is Cc1nn([C@@H]2CCS(=O)(=O)C2)c2c1[C@H](c1cnn(C)c1)CC(=O)N2. The third-order valence-corrected chi connectivity index (χ3v) is 6.56. The fraction of sp³-hybridized carbons (Fsp3) is 0.533. The number of aromatic nitrogens is 4. The standard InChI is InChI=1S/C15H19N5O3S/c1-9-14-12(10-6-16-19(2)7-10)5-13(21)17-15(14)20(18-9)11-3-4-24(22,23)8-11/h6-7,11-12H,3-5,8H2,1-2H3,(H,17,21)/t11-,12+/m1/s1. The number of nitrogens with one attached hydrogen (secondary N) is 1. The van der Waals surface area contributed by atoms with Gasteiger partial charge in [-0.25, -0.2) is 13.1 Å². The van der Waals surface area contributed by atoms with Crippen LogP contribution in [0.2, 0.25) is 0 Å². The van der Waals surface area contributed by atoms with Crippen LogP contribution in [-0.4, -0.2) is 45.4 Å². The number of rotatable bonds is 2. The highest BCUT2D eigenvalue weighted by Gasteiger charge is 2.37. The zero-order valence-corrected chi connectivity index (χ0v) is 14.4. The largest absolute Gasteiger partial charge is 0.311 e. The Bertz CT molecular complexity index is 927. The van der Waals surface area contributed by atoms with Crippen LogP contribution in [0.1, 0.15) is 41.6 Å². The second-order valence-corrected chi connectivity index (χ2v) is 8.83. The number of hydrogen-bond donors (Lipinski definition) is 1. The summed E-state index contributed by atoms with van der Waals surface area (Å²) >= 11 is 0. The maximum absolute atomic E-state index is 12.2. The van der Waals surface area contributed by atoms with Crippen molar-refractivity contribution in [3.63, 3.8) is 0 Å². The third kappa shape index (κ3) is 2.43. The molecule has 0 bridgehead atoms. The smallest absolute Gasteiger partial charge is 0.226 e. The minimum Gasteiger partial charge on any atom is -0.311 e. The van der Waals surface area contributed by atoms with Gasteiger partial charge in [-0.1, -0.05) is 0 Å². The number of amides is 1. The lowest BCUT2D eigenvalue weighted by molar-refractivity contribution is -0.116. The Morgan fingerprint density at radius 2 is 2.17 bits per heavy atom. The molecule has 2 aromatic rings. The van der Waals surface area contributed by atoms with Crippen molar-refractivity contribution in [3.05, 3.63) is 29.2 Å². The van der Waals surface area contributed by atoms with E-state index in [0.29, 0.717) is 18.7 Å². The first-order valence-corrected chi connectivity index (χ1v) is 9.74. The summed E-state index contributed by atoms with van der Waals surface area (Å²) in [7, 11) is -1.18. The van der Waals surface area contributed by atoms with Crippen LogP contribution in [0.15, 0.2) is 12.4 Å². The van der Waals surface area contributed by atoms with Crippen molar-refractivity contribution < 1.29 is 13.2 Å². The van der Waals surface area contributed by atoms with Crippen LogP contribution < -0.4 is 5.32 Å². The number of nitrogens with zero attached hydrogens (tertiary/aromatic N) is 4. The van der Waals surface area contributed by atoms with Gasteiger partial charge < -0.3 is 5.32 Å². The molecule has 0 spiro atoms. The van der Waals surface area contributed by atoms with Crippen LogP contribution in [0.3, 0.4) is 0 Å². The first-order valence-electron chi connectivity index (χ1n) is 7.92. The molecule has 2 atom stereocenters. The minimum atomic E-state index is -3.02. The molecule has 9 heteroatoms. The fourth-order valence-corrected chi connectivity index (χ4v) is 5.40. The Kier molecular flexibility index (Phi) is 3.31. The summed E-state index contributed by atoms with van der Waals surface area (Å²) < 4.78 is 27.0. The molecular weight excluding hydrogens is 330 g/mol. The highest BCUT2D eigenvalue weighted by molar-refractivity contribution is 7.91. The average Bonchev–Trinajstić information content (AvgIpc) is 3.17. The predicted molar refractivity (Wildman–Crippen MR) is 87.6 cm³/mol. The summed E-state index contributed by atoms with van der Waals surface area (Å²) in [5.74, 6) is 0.700. The maximum atomic E-state index is 12.2. The summed E-state index contributed by atoms with van der Waals surface area (Å²) in [5, 5.41) is 11.7. The van der Waals surface area contributed by atoms with Crippen LogP contribution in [0.25, 0.3) is 0 Å². The Balaban J connectivity index is 1.80. The van der Waals surface area contributed by atoms with E-state index in [1.54, 1.807) is 15.6 Å². The van der Waals surface area contributed by atoms with Gasteiger partial charge in [-0.3, -0.25) is 9.48 Å². The number of anilines is 1. The minimum absolute atomic E-state index is 0.0774. The fourth-order valence-electron chi connectivity index (χ4n) is 3.71. The van der Waals surface area contributed by atoms with Crippen molar-refractivity contribution in [2.24, 2.45) is 7.05 Å². The summed E-state index contributed by atoms with van der Waals surface area (Å²) in [4.78, 5) is 12.2. The second kappa shape index (κ2) is 5.17. The number of hydrogen-bond acceptors (Lipinski definition) is 5. The van der Waals surface area contributed by atoms with E-state index in [0.717, 1.165) is 16.8 Å². The maximum Gasteiger partial charge on any atom is 0.226 e. The van der Waals surface area contributed by atoms with Gasteiger partial charge in [0.15, 0.2) is 9.84 Å². The molecule has 1 N–H and O–H groups in total. The van der Waals surface area contributed by atoms with Gasteiger partial charge in [0.1, 0.15) is 5.82 Å². The molecule has 0 aromatic carbocycles. The molecule has 0 saturated carbocycles. The van der Waals surface area contributed by atoms with E-state index in [-0.39, 0.29) is 29.4 Å². The number of aryl methyl sites for hydroxylation is 2. The zero-order chi connectivity index (χ0) is 17.1. The highest BCUT2D eigenvalue weighted by Crippen LogP contribution is 2.41. The number of sulfone groups is 1. The lowest BCUT2D eigenvalue weighted by atomic mass is 9.87. The lowest BCUT2D eigenvalue weighted by Gasteiger charge is -2.24. The molecule has 8 nitrogen and oxygen atoms in total. The molecule has 1 saturated heterocycles. The van der Waals surface area contributed by atoms with Crippen molar-refractivity contribution in [2.45, 2.75) is 31.7 Å². The second-order valence-electron chi connectivity index (χ2n) is 6.60. The lowest BCUT2D eigenvalue weighted by Crippen LogP contribution is -2.26. The van der Waals surface area contributed by atoms with E-state index in [4.69, 9.17) is 0 Å². The van der Waals surface area contributed by atoms with Crippen LogP contribution in [0.5, 0.6) is 0 Å². The predicted octanol–water partition coefficient (Wildman–Crippen LogP) is 0.759. The Morgan fingerprint density at radius 1 is 1.38 bits per heavy atom. The molecule has 0 radical (unpaired) electrons. The van der Waals surface area contributed by atoms with E-state index in [1.165, 1.54) is 0 Å². The average molecular weight is 349 g/mol. The van der Waals surface area contributed by atoms with Gasteiger partial charge in [-0.15, -0.1) is 0 Å². The van der Waals surface area contributed by atoms with E-state index >= 15 is 0 Å². The normalized spacial score (nSPS) is 25.5. The topological polar surface area (TPSA) is 98.9 Å². The monoisotopic (exact) mass is 349 g/mol. The summed E-state index contributed by atoms with van der Waals surface area (Å²) in [5.41, 5.74) is 2.75. The van der Waals surface area contributed by atoms with Gasteiger partial charge in [0, 0.05) is 31.1 Å². The molecule has 2 aromatic heterocycles. The van der Waals surface area contributed by atoms with Crippen molar-refractivity contribution in [2.75, 3.05) is 16.8 Å². The van der Waals surface area contributed by atoms with Gasteiger partial charge in [0.05, 0.1) is 29.4 Å². The summed E-state index contributed by atoms with van der Waals surface area (Å²) in [6.45, 7) is 1.90. The van der Waals surface area contributed by atoms with Crippen molar-refractivity contribution >= 4 is 21.6 Å².